The fourth-order valence-electron chi connectivity index (χ4n) is 3.43. The molecule has 2 aromatic carbocycles. The van der Waals surface area contributed by atoms with E-state index in [-0.39, 0.29) is 23.3 Å². The number of aryl methyl sites for hydroxylation is 1. The summed E-state index contributed by atoms with van der Waals surface area (Å²) in [7, 11) is -3.76. The Labute approximate surface area is 165 Å². The second-order valence-electron chi connectivity index (χ2n) is 7.19. The summed E-state index contributed by atoms with van der Waals surface area (Å²) >= 11 is 0. The van der Waals surface area contributed by atoms with Crippen LogP contribution in [0.2, 0.25) is 0 Å². The van der Waals surface area contributed by atoms with E-state index >= 15 is 0 Å². The number of benzene rings is 2. The van der Waals surface area contributed by atoms with E-state index in [0.29, 0.717) is 19.5 Å². The Balaban J connectivity index is 1.66. The zero-order valence-electron chi connectivity index (χ0n) is 15.9. The van der Waals surface area contributed by atoms with Gasteiger partial charge in [-0.3, -0.25) is 4.79 Å². The lowest BCUT2D eigenvalue weighted by atomic mass is 10.0. The Morgan fingerprint density at radius 3 is 2.46 bits per heavy atom. The molecule has 1 heterocycles. The van der Waals surface area contributed by atoms with Crippen molar-refractivity contribution in [3.8, 4) is 0 Å². The molecule has 1 saturated heterocycles. The molecule has 1 aliphatic heterocycles. The van der Waals surface area contributed by atoms with Crippen LogP contribution in [0, 0.1) is 12.7 Å². The molecular formula is C21H25FN2O3S. The summed E-state index contributed by atoms with van der Waals surface area (Å²) in [5.74, 6) is -0.656. The summed E-state index contributed by atoms with van der Waals surface area (Å²) in [5.41, 5.74) is 2.15. The molecule has 28 heavy (non-hydrogen) atoms. The lowest BCUT2D eigenvalue weighted by Crippen LogP contribution is -2.45. The summed E-state index contributed by atoms with van der Waals surface area (Å²) in [6, 6.07) is 12.3. The fraction of sp³-hybridized carbons (Fsp3) is 0.381. The van der Waals surface area contributed by atoms with Crippen molar-refractivity contribution in [3.63, 3.8) is 0 Å². The number of hydrogen-bond acceptors (Lipinski definition) is 3. The first-order chi connectivity index (χ1) is 13.4. The van der Waals surface area contributed by atoms with Crippen molar-refractivity contribution < 1.29 is 17.6 Å². The molecule has 0 bridgehead atoms. The van der Waals surface area contributed by atoms with E-state index in [1.165, 1.54) is 16.4 Å². The molecule has 0 saturated carbocycles. The summed E-state index contributed by atoms with van der Waals surface area (Å²) in [6.45, 7) is 2.79. The first kappa shape index (κ1) is 20.5. The third-order valence-corrected chi connectivity index (χ3v) is 6.99. The van der Waals surface area contributed by atoms with Crippen LogP contribution in [0.25, 0.3) is 0 Å². The van der Waals surface area contributed by atoms with E-state index in [1.54, 1.807) is 0 Å². The van der Waals surface area contributed by atoms with Crippen LogP contribution in [0.1, 0.15) is 36.8 Å². The predicted molar refractivity (Wildman–Crippen MR) is 106 cm³/mol. The highest BCUT2D eigenvalue weighted by molar-refractivity contribution is 7.89. The standard InChI is InChI=1S/C21H25FN2O3S/c1-16-5-7-17(8-6-16)15-23-21(25)14-19-4-2-3-13-24(19)28(26,27)20-11-9-18(22)10-12-20/h5-12,19H,2-4,13-15H2,1H3,(H,23,25)/t19-/m1/s1. The van der Waals surface area contributed by atoms with Crippen LogP contribution in [0.3, 0.4) is 0 Å². The normalized spacial score (nSPS) is 18.0. The van der Waals surface area contributed by atoms with Crippen LogP contribution in [0.4, 0.5) is 4.39 Å². The average molecular weight is 405 g/mol. The number of halogens is 1. The lowest BCUT2D eigenvalue weighted by molar-refractivity contribution is -0.122. The summed E-state index contributed by atoms with van der Waals surface area (Å²) in [5, 5.41) is 2.87. The van der Waals surface area contributed by atoms with E-state index in [2.05, 4.69) is 5.32 Å². The highest BCUT2D eigenvalue weighted by Gasteiger charge is 2.34. The minimum Gasteiger partial charge on any atom is -0.352 e. The maximum Gasteiger partial charge on any atom is 0.243 e. The number of sulfonamides is 1. The molecule has 1 N–H and O–H groups in total. The molecule has 0 aromatic heterocycles. The molecule has 1 aliphatic rings. The number of carbonyl (C=O) groups excluding carboxylic acids is 1. The molecular weight excluding hydrogens is 379 g/mol. The van der Waals surface area contributed by atoms with Gasteiger partial charge in [-0.05, 0) is 49.6 Å². The smallest absolute Gasteiger partial charge is 0.243 e. The number of amides is 1. The topological polar surface area (TPSA) is 66.5 Å². The number of nitrogens with one attached hydrogen (secondary N) is 1. The Hall–Kier alpha value is -2.25. The van der Waals surface area contributed by atoms with Gasteiger partial charge in [0.2, 0.25) is 15.9 Å². The maximum absolute atomic E-state index is 13.2. The SMILES string of the molecule is Cc1ccc(CNC(=O)C[C@H]2CCCCN2S(=O)(=O)c2ccc(F)cc2)cc1. The van der Waals surface area contributed by atoms with Gasteiger partial charge < -0.3 is 5.32 Å². The maximum atomic E-state index is 13.2. The zero-order valence-corrected chi connectivity index (χ0v) is 16.7. The molecule has 0 unspecified atom stereocenters. The largest absolute Gasteiger partial charge is 0.352 e. The quantitative estimate of drug-likeness (QED) is 0.803. The molecule has 2 aromatic rings. The Kier molecular flexibility index (Phi) is 6.46. The Morgan fingerprint density at radius 1 is 1.11 bits per heavy atom. The fourth-order valence-corrected chi connectivity index (χ4v) is 5.12. The van der Waals surface area contributed by atoms with Gasteiger partial charge in [-0.25, -0.2) is 12.8 Å². The zero-order chi connectivity index (χ0) is 20.1. The van der Waals surface area contributed by atoms with Gasteiger partial charge in [-0.1, -0.05) is 36.2 Å². The van der Waals surface area contributed by atoms with Crippen LogP contribution in [-0.4, -0.2) is 31.2 Å². The van der Waals surface area contributed by atoms with Gasteiger partial charge >= 0.3 is 0 Å². The van der Waals surface area contributed by atoms with E-state index in [9.17, 15) is 17.6 Å². The monoisotopic (exact) mass is 404 g/mol. The lowest BCUT2D eigenvalue weighted by Gasteiger charge is -2.34. The van der Waals surface area contributed by atoms with Gasteiger partial charge in [0.05, 0.1) is 4.90 Å². The summed E-state index contributed by atoms with van der Waals surface area (Å²) in [6.07, 6.45) is 2.39. The van der Waals surface area contributed by atoms with Crippen LogP contribution in [0.15, 0.2) is 53.4 Å². The molecule has 3 rings (SSSR count). The van der Waals surface area contributed by atoms with Crippen LogP contribution in [-0.2, 0) is 21.4 Å². The number of piperidine rings is 1. The second-order valence-corrected chi connectivity index (χ2v) is 9.08. The molecule has 5 nitrogen and oxygen atoms in total. The Morgan fingerprint density at radius 2 is 1.79 bits per heavy atom. The van der Waals surface area contributed by atoms with Crippen molar-refractivity contribution in [1.29, 1.82) is 0 Å². The molecule has 1 fully saturated rings. The van der Waals surface area contributed by atoms with Gasteiger partial charge in [-0.2, -0.15) is 4.31 Å². The van der Waals surface area contributed by atoms with E-state index in [1.807, 2.05) is 31.2 Å². The van der Waals surface area contributed by atoms with E-state index in [0.717, 1.165) is 36.1 Å². The van der Waals surface area contributed by atoms with Crippen molar-refractivity contribution in [2.24, 2.45) is 0 Å². The van der Waals surface area contributed by atoms with Crippen LogP contribution >= 0.6 is 0 Å². The van der Waals surface area contributed by atoms with Crippen molar-refractivity contribution in [2.45, 2.75) is 50.1 Å². The molecule has 1 amide bonds. The van der Waals surface area contributed by atoms with Gasteiger partial charge in [0.15, 0.2) is 0 Å². The van der Waals surface area contributed by atoms with Crippen molar-refractivity contribution in [3.05, 3.63) is 65.5 Å². The number of rotatable bonds is 6. The Bertz CT molecular complexity index is 912. The third kappa shape index (κ3) is 4.97. The predicted octanol–water partition coefficient (Wildman–Crippen LogP) is 3.38. The van der Waals surface area contributed by atoms with Gasteiger partial charge in [0, 0.05) is 25.6 Å². The summed E-state index contributed by atoms with van der Waals surface area (Å²) < 4.78 is 40.5. The minimum absolute atomic E-state index is 0.0564. The third-order valence-electron chi connectivity index (χ3n) is 5.02. The molecule has 150 valence electrons. The summed E-state index contributed by atoms with van der Waals surface area (Å²) in [4.78, 5) is 12.5. The number of nitrogens with zero attached hydrogens (tertiary/aromatic N) is 1. The van der Waals surface area contributed by atoms with Gasteiger partial charge in [-0.15, -0.1) is 0 Å². The van der Waals surface area contributed by atoms with Gasteiger partial charge in [0.1, 0.15) is 5.82 Å². The molecule has 0 spiro atoms. The number of hydrogen-bond donors (Lipinski definition) is 1. The highest BCUT2D eigenvalue weighted by Crippen LogP contribution is 2.27. The molecule has 0 aliphatic carbocycles. The van der Waals surface area contributed by atoms with Crippen molar-refractivity contribution in [2.75, 3.05) is 6.54 Å². The average Bonchev–Trinajstić information content (AvgIpc) is 2.68. The van der Waals surface area contributed by atoms with Crippen molar-refractivity contribution in [1.82, 2.24) is 9.62 Å². The van der Waals surface area contributed by atoms with Crippen LogP contribution in [0.5, 0.6) is 0 Å². The second kappa shape index (κ2) is 8.84. The molecule has 7 heteroatoms. The van der Waals surface area contributed by atoms with Gasteiger partial charge in [0.25, 0.3) is 0 Å². The number of carbonyl (C=O) groups is 1. The van der Waals surface area contributed by atoms with Crippen LogP contribution < -0.4 is 5.32 Å². The van der Waals surface area contributed by atoms with E-state index < -0.39 is 15.8 Å². The first-order valence-electron chi connectivity index (χ1n) is 9.46. The van der Waals surface area contributed by atoms with E-state index in [4.69, 9.17) is 0 Å². The molecule has 1 atom stereocenters. The molecule has 0 radical (unpaired) electrons. The van der Waals surface area contributed by atoms with Crippen molar-refractivity contribution >= 4 is 15.9 Å². The first-order valence-corrected chi connectivity index (χ1v) is 10.9. The minimum atomic E-state index is -3.76. The highest BCUT2D eigenvalue weighted by atomic mass is 32.2.